The Labute approximate surface area is 126 Å². The summed E-state index contributed by atoms with van der Waals surface area (Å²) in [6.07, 6.45) is 0.759. The van der Waals surface area contributed by atoms with Gasteiger partial charge in [0.1, 0.15) is 12.6 Å². The van der Waals surface area contributed by atoms with E-state index in [9.17, 15) is 9.59 Å². The van der Waals surface area contributed by atoms with Crippen molar-refractivity contribution < 1.29 is 14.3 Å². The fourth-order valence-electron chi connectivity index (χ4n) is 1.97. The Morgan fingerprint density at radius 3 is 2.38 bits per heavy atom. The molecule has 1 aromatic carbocycles. The number of nitrogens with two attached hydrogens (primary N) is 1. The summed E-state index contributed by atoms with van der Waals surface area (Å²) >= 11 is 0. The summed E-state index contributed by atoms with van der Waals surface area (Å²) < 4.78 is 5.27. The fraction of sp³-hybridized carbons (Fsp3) is 0.500. The highest BCUT2D eigenvalue weighted by atomic mass is 16.5. The lowest BCUT2D eigenvalue weighted by molar-refractivity contribution is -0.155. The zero-order valence-electron chi connectivity index (χ0n) is 12.9. The molecule has 0 saturated carbocycles. The quantitative estimate of drug-likeness (QED) is 0.776. The number of benzene rings is 1. The number of carbonyl (C=O) groups is 2. The average molecular weight is 292 g/mol. The van der Waals surface area contributed by atoms with E-state index in [-0.39, 0.29) is 12.5 Å². The van der Waals surface area contributed by atoms with Gasteiger partial charge in [0.25, 0.3) is 0 Å². The third-order valence-electron chi connectivity index (χ3n) is 3.17. The van der Waals surface area contributed by atoms with E-state index in [1.54, 1.807) is 13.8 Å². The van der Waals surface area contributed by atoms with Crippen molar-refractivity contribution in [1.29, 1.82) is 0 Å². The molecule has 1 amide bonds. The van der Waals surface area contributed by atoms with Crippen LogP contribution in [0, 0.1) is 0 Å². The van der Waals surface area contributed by atoms with Gasteiger partial charge < -0.3 is 15.4 Å². The Kier molecular flexibility index (Phi) is 6.88. The van der Waals surface area contributed by atoms with E-state index < -0.39 is 18.1 Å². The second-order valence-electron chi connectivity index (χ2n) is 5.09. The number of esters is 1. The van der Waals surface area contributed by atoms with Crippen LogP contribution in [0.2, 0.25) is 0 Å². The highest BCUT2D eigenvalue weighted by Crippen LogP contribution is 2.08. The number of carbonyl (C=O) groups excluding carboxylic acids is 2. The van der Waals surface area contributed by atoms with Crippen LogP contribution in [-0.4, -0.2) is 35.4 Å². The zero-order valence-corrected chi connectivity index (χ0v) is 12.9. The van der Waals surface area contributed by atoms with Crippen molar-refractivity contribution in [3.05, 3.63) is 35.9 Å². The molecule has 0 saturated heterocycles. The summed E-state index contributed by atoms with van der Waals surface area (Å²) in [7, 11) is 0. The van der Waals surface area contributed by atoms with Crippen molar-refractivity contribution in [3.8, 4) is 0 Å². The minimum Gasteiger partial charge on any atom is -0.459 e. The average Bonchev–Trinajstić information content (AvgIpc) is 2.49. The molecule has 0 aliphatic heterocycles. The Hall–Kier alpha value is -1.88. The summed E-state index contributed by atoms with van der Waals surface area (Å²) in [5.74, 6) is -0.651. The molecule has 0 bridgehead atoms. The van der Waals surface area contributed by atoms with E-state index in [4.69, 9.17) is 10.5 Å². The molecule has 0 aliphatic rings. The number of nitrogens with zero attached hydrogens (tertiary/aromatic N) is 1. The molecule has 0 unspecified atom stereocenters. The summed E-state index contributed by atoms with van der Waals surface area (Å²) in [6, 6.07) is 8.18. The van der Waals surface area contributed by atoms with Crippen LogP contribution in [0.5, 0.6) is 0 Å². The van der Waals surface area contributed by atoms with Gasteiger partial charge in [-0.2, -0.15) is 0 Å². The van der Waals surface area contributed by atoms with Gasteiger partial charge >= 0.3 is 5.97 Å². The molecule has 5 nitrogen and oxygen atoms in total. The summed E-state index contributed by atoms with van der Waals surface area (Å²) in [4.78, 5) is 25.6. The minimum atomic E-state index is -0.632. The van der Waals surface area contributed by atoms with Gasteiger partial charge in [0.05, 0.1) is 6.04 Å². The van der Waals surface area contributed by atoms with Gasteiger partial charge in [0.15, 0.2) is 0 Å². The van der Waals surface area contributed by atoms with E-state index in [2.05, 4.69) is 0 Å². The zero-order chi connectivity index (χ0) is 15.8. The third kappa shape index (κ3) is 5.19. The predicted octanol–water partition coefficient (Wildman–Crippen LogP) is 1.70. The molecule has 0 heterocycles. The second-order valence-corrected chi connectivity index (χ2v) is 5.09. The van der Waals surface area contributed by atoms with Gasteiger partial charge in [-0.15, -0.1) is 0 Å². The third-order valence-corrected chi connectivity index (χ3v) is 3.17. The van der Waals surface area contributed by atoms with Gasteiger partial charge in [-0.25, -0.2) is 4.79 Å². The number of hydrogen-bond donors (Lipinski definition) is 1. The van der Waals surface area contributed by atoms with Crippen molar-refractivity contribution in [2.75, 3.05) is 6.54 Å². The van der Waals surface area contributed by atoms with E-state index in [0.717, 1.165) is 12.0 Å². The van der Waals surface area contributed by atoms with Crippen LogP contribution >= 0.6 is 0 Å². The van der Waals surface area contributed by atoms with Crippen LogP contribution in [0.4, 0.5) is 0 Å². The van der Waals surface area contributed by atoms with Crippen molar-refractivity contribution >= 4 is 11.9 Å². The monoisotopic (exact) mass is 292 g/mol. The lowest BCUT2D eigenvalue weighted by Crippen LogP contribution is -2.50. The highest BCUT2D eigenvalue weighted by Gasteiger charge is 2.28. The van der Waals surface area contributed by atoms with Crippen molar-refractivity contribution in [3.63, 3.8) is 0 Å². The SMILES string of the molecule is CCCN(C(=O)[C@@H](C)N)[C@@H](C)C(=O)OCc1ccccc1. The first kappa shape index (κ1) is 17.2. The number of rotatable bonds is 7. The highest BCUT2D eigenvalue weighted by molar-refractivity contribution is 5.87. The minimum absolute atomic E-state index is 0.205. The Morgan fingerprint density at radius 1 is 1.24 bits per heavy atom. The van der Waals surface area contributed by atoms with Gasteiger partial charge in [-0.05, 0) is 25.8 Å². The molecule has 2 N–H and O–H groups in total. The van der Waals surface area contributed by atoms with Crippen LogP contribution in [0.1, 0.15) is 32.8 Å². The molecule has 0 spiro atoms. The molecule has 1 aromatic rings. The molecule has 1 rings (SSSR count). The first-order valence-corrected chi connectivity index (χ1v) is 7.24. The maximum atomic E-state index is 12.1. The molecule has 116 valence electrons. The van der Waals surface area contributed by atoms with E-state index in [1.807, 2.05) is 37.3 Å². The summed E-state index contributed by atoms with van der Waals surface area (Å²) in [6.45, 7) is 5.93. The Bertz CT molecular complexity index is 460. The van der Waals surface area contributed by atoms with Crippen LogP contribution in [-0.2, 0) is 20.9 Å². The molecule has 5 heteroatoms. The van der Waals surface area contributed by atoms with E-state index in [0.29, 0.717) is 6.54 Å². The predicted molar refractivity (Wildman–Crippen MR) is 81.4 cm³/mol. The fourth-order valence-corrected chi connectivity index (χ4v) is 1.97. The van der Waals surface area contributed by atoms with Crippen LogP contribution in [0.3, 0.4) is 0 Å². The first-order valence-electron chi connectivity index (χ1n) is 7.24. The molecule has 21 heavy (non-hydrogen) atoms. The maximum absolute atomic E-state index is 12.1. The normalized spacial score (nSPS) is 13.3. The smallest absolute Gasteiger partial charge is 0.328 e. The summed E-state index contributed by atoms with van der Waals surface area (Å²) in [5, 5.41) is 0. The Morgan fingerprint density at radius 2 is 1.86 bits per heavy atom. The molecule has 0 aromatic heterocycles. The van der Waals surface area contributed by atoms with Crippen molar-refractivity contribution in [2.45, 2.75) is 45.9 Å². The standard InChI is InChI=1S/C16H24N2O3/c1-4-10-18(15(19)12(2)17)13(3)16(20)21-11-14-8-6-5-7-9-14/h5-9,12-13H,4,10-11,17H2,1-3H3/t12-,13+/m1/s1. The van der Waals surface area contributed by atoms with Crippen LogP contribution in [0.15, 0.2) is 30.3 Å². The number of ether oxygens (including phenoxy) is 1. The maximum Gasteiger partial charge on any atom is 0.328 e. The molecule has 2 atom stereocenters. The molecular weight excluding hydrogens is 268 g/mol. The number of hydrogen-bond acceptors (Lipinski definition) is 4. The van der Waals surface area contributed by atoms with Crippen LogP contribution in [0.25, 0.3) is 0 Å². The van der Waals surface area contributed by atoms with Gasteiger partial charge in [0, 0.05) is 6.54 Å². The first-order chi connectivity index (χ1) is 9.97. The molecule has 0 aliphatic carbocycles. The second kappa shape index (κ2) is 8.42. The lowest BCUT2D eigenvalue weighted by atomic mass is 10.2. The molecule has 0 fully saturated rings. The molecular formula is C16H24N2O3. The number of amides is 1. The van der Waals surface area contributed by atoms with Crippen molar-refractivity contribution in [2.24, 2.45) is 5.73 Å². The van der Waals surface area contributed by atoms with E-state index >= 15 is 0 Å². The lowest BCUT2D eigenvalue weighted by Gasteiger charge is -2.28. The van der Waals surface area contributed by atoms with Gasteiger partial charge in [0.2, 0.25) is 5.91 Å². The Balaban J connectivity index is 2.63. The summed E-state index contributed by atoms with van der Waals surface area (Å²) in [5.41, 5.74) is 6.54. The van der Waals surface area contributed by atoms with Gasteiger partial charge in [-0.3, -0.25) is 4.79 Å². The van der Waals surface area contributed by atoms with Gasteiger partial charge in [-0.1, -0.05) is 37.3 Å². The molecule has 0 radical (unpaired) electrons. The van der Waals surface area contributed by atoms with E-state index in [1.165, 1.54) is 4.90 Å². The topological polar surface area (TPSA) is 72.6 Å². The van der Waals surface area contributed by atoms with Crippen LogP contribution < -0.4 is 5.73 Å². The van der Waals surface area contributed by atoms with Crippen molar-refractivity contribution in [1.82, 2.24) is 4.90 Å². The largest absolute Gasteiger partial charge is 0.459 e.